The number of benzene rings is 2. The van der Waals surface area contributed by atoms with Gasteiger partial charge < -0.3 is 10.2 Å². The molecule has 1 heterocycles. The van der Waals surface area contributed by atoms with Gasteiger partial charge in [0.1, 0.15) is 0 Å². The number of nitrogens with one attached hydrogen (secondary N) is 1. The van der Waals surface area contributed by atoms with Crippen molar-refractivity contribution in [2.24, 2.45) is 0 Å². The Balaban J connectivity index is 1.60. The van der Waals surface area contributed by atoms with E-state index < -0.39 is 11.6 Å². The fourth-order valence-electron chi connectivity index (χ4n) is 2.60. The third kappa shape index (κ3) is 3.08. The number of nitrogens with zero attached hydrogens (tertiary/aromatic N) is 1. The fraction of sp³-hybridized carbons (Fsp3) is 0.235. The Morgan fingerprint density at radius 2 is 1.86 bits per heavy atom. The van der Waals surface area contributed by atoms with Crippen LogP contribution in [0.2, 0.25) is 0 Å². The number of fused-ring (bicyclic) bond motifs is 1. The molecule has 2 aromatic carbocycles. The summed E-state index contributed by atoms with van der Waals surface area (Å²) in [6, 6.07) is 11.6. The number of carbonyl (C=O) groups excluding carboxylic acids is 1. The van der Waals surface area contributed by atoms with Crippen LogP contribution in [0.15, 0.2) is 42.5 Å². The lowest BCUT2D eigenvalue weighted by molar-refractivity contribution is -0.130. The van der Waals surface area contributed by atoms with Crippen molar-refractivity contribution in [3.05, 3.63) is 65.2 Å². The molecule has 0 unspecified atom stereocenters. The van der Waals surface area contributed by atoms with Crippen LogP contribution in [0.3, 0.4) is 0 Å². The first kappa shape index (κ1) is 14.5. The van der Waals surface area contributed by atoms with E-state index in [1.807, 2.05) is 18.2 Å². The van der Waals surface area contributed by atoms with E-state index in [4.69, 9.17) is 0 Å². The number of carbonyl (C=O) groups is 1. The van der Waals surface area contributed by atoms with Gasteiger partial charge in [0.15, 0.2) is 11.6 Å². The molecule has 22 heavy (non-hydrogen) atoms. The molecule has 3 rings (SSSR count). The number of rotatable bonds is 3. The van der Waals surface area contributed by atoms with Gasteiger partial charge in [-0.2, -0.15) is 0 Å². The molecule has 2 aromatic rings. The second-order valence-corrected chi connectivity index (χ2v) is 5.32. The van der Waals surface area contributed by atoms with Crippen LogP contribution in [-0.4, -0.2) is 23.9 Å². The minimum absolute atomic E-state index is 0.0563. The van der Waals surface area contributed by atoms with Gasteiger partial charge in [0.05, 0.1) is 6.54 Å². The van der Waals surface area contributed by atoms with Crippen molar-refractivity contribution in [3.8, 4) is 0 Å². The van der Waals surface area contributed by atoms with E-state index in [0.29, 0.717) is 18.8 Å². The first-order valence-electron chi connectivity index (χ1n) is 7.17. The van der Waals surface area contributed by atoms with Crippen LogP contribution >= 0.6 is 0 Å². The van der Waals surface area contributed by atoms with Gasteiger partial charge in [0.25, 0.3) is 0 Å². The fourth-order valence-corrected chi connectivity index (χ4v) is 2.60. The van der Waals surface area contributed by atoms with Crippen LogP contribution in [-0.2, 0) is 17.8 Å². The predicted octanol–water partition coefficient (Wildman–Crippen LogP) is 2.96. The summed E-state index contributed by atoms with van der Waals surface area (Å²) in [6.45, 7) is 1.33. The third-order valence-electron chi connectivity index (χ3n) is 3.85. The van der Waals surface area contributed by atoms with Crippen LogP contribution in [0, 0.1) is 11.6 Å². The first-order chi connectivity index (χ1) is 10.6. The minimum Gasteiger partial charge on any atom is -0.376 e. The Morgan fingerprint density at radius 1 is 1.09 bits per heavy atom. The second-order valence-electron chi connectivity index (χ2n) is 5.32. The van der Waals surface area contributed by atoms with E-state index in [9.17, 15) is 13.6 Å². The molecule has 0 fully saturated rings. The average Bonchev–Trinajstić information content (AvgIpc) is 2.55. The van der Waals surface area contributed by atoms with Crippen LogP contribution in [0.4, 0.5) is 14.5 Å². The molecule has 1 aliphatic rings. The van der Waals surface area contributed by atoms with Crippen molar-refractivity contribution < 1.29 is 13.6 Å². The zero-order chi connectivity index (χ0) is 15.5. The molecule has 0 bridgehead atoms. The maximum atomic E-state index is 13.1. The molecule has 0 atom stereocenters. The minimum atomic E-state index is -0.927. The van der Waals surface area contributed by atoms with E-state index in [1.54, 1.807) is 4.90 Å². The molecule has 0 spiro atoms. The Bertz CT molecular complexity index is 703. The summed E-state index contributed by atoms with van der Waals surface area (Å²) in [5.41, 5.74) is 2.83. The molecule has 0 radical (unpaired) electrons. The summed E-state index contributed by atoms with van der Waals surface area (Å²) in [6.07, 6.45) is 0.840. The van der Waals surface area contributed by atoms with Gasteiger partial charge >= 0.3 is 0 Å². The monoisotopic (exact) mass is 302 g/mol. The first-order valence-corrected chi connectivity index (χ1v) is 7.17. The van der Waals surface area contributed by atoms with Gasteiger partial charge in [-0.15, -0.1) is 0 Å². The number of hydrogen-bond acceptors (Lipinski definition) is 2. The van der Waals surface area contributed by atoms with Gasteiger partial charge in [0, 0.05) is 24.8 Å². The molecule has 1 N–H and O–H groups in total. The van der Waals surface area contributed by atoms with Gasteiger partial charge in [-0.3, -0.25) is 4.79 Å². The summed E-state index contributed by atoms with van der Waals surface area (Å²) >= 11 is 0. The van der Waals surface area contributed by atoms with Crippen LogP contribution in [0.25, 0.3) is 0 Å². The Hall–Kier alpha value is -2.43. The molecule has 0 saturated heterocycles. The molecule has 0 saturated carbocycles. The largest absolute Gasteiger partial charge is 0.376 e. The highest BCUT2D eigenvalue weighted by Gasteiger charge is 2.19. The molecule has 1 aliphatic heterocycles. The molecular formula is C17H16F2N2O. The summed E-state index contributed by atoms with van der Waals surface area (Å²) in [4.78, 5) is 14.0. The molecule has 0 aliphatic carbocycles. The van der Waals surface area contributed by atoms with Gasteiger partial charge in [-0.05, 0) is 29.7 Å². The molecule has 3 nitrogen and oxygen atoms in total. The molecule has 114 valence electrons. The van der Waals surface area contributed by atoms with E-state index in [2.05, 4.69) is 11.4 Å². The predicted molar refractivity (Wildman–Crippen MR) is 80.4 cm³/mol. The smallest absolute Gasteiger partial charge is 0.242 e. The normalized spacial score (nSPS) is 13.6. The highest BCUT2D eigenvalue weighted by molar-refractivity contribution is 5.81. The quantitative estimate of drug-likeness (QED) is 0.945. The number of halogens is 2. The zero-order valence-corrected chi connectivity index (χ0v) is 12.0. The van der Waals surface area contributed by atoms with Crippen molar-refractivity contribution >= 4 is 11.6 Å². The zero-order valence-electron chi connectivity index (χ0n) is 12.0. The summed E-state index contributed by atoms with van der Waals surface area (Å²) in [5.74, 6) is -1.88. The lowest BCUT2D eigenvalue weighted by Gasteiger charge is -2.29. The maximum Gasteiger partial charge on any atom is 0.242 e. The van der Waals surface area contributed by atoms with Gasteiger partial charge in [0.2, 0.25) is 5.91 Å². The SMILES string of the molecule is O=C(CNc1ccc(F)c(F)c1)N1CCc2ccccc2C1. The van der Waals surface area contributed by atoms with Crippen molar-refractivity contribution in [3.63, 3.8) is 0 Å². The average molecular weight is 302 g/mol. The topological polar surface area (TPSA) is 32.3 Å². The summed E-state index contributed by atoms with van der Waals surface area (Å²) in [5, 5.41) is 2.84. The van der Waals surface area contributed by atoms with E-state index in [0.717, 1.165) is 24.1 Å². The Kier molecular flexibility index (Phi) is 4.04. The van der Waals surface area contributed by atoms with Crippen molar-refractivity contribution in [2.75, 3.05) is 18.4 Å². The lowest BCUT2D eigenvalue weighted by atomic mass is 10.00. The van der Waals surface area contributed by atoms with Crippen molar-refractivity contribution in [1.82, 2.24) is 4.90 Å². The molecule has 5 heteroatoms. The van der Waals surface area contributed by atoms with Crippen LogP contribution < -0.4 is 5.32 Å². The molecule has 0 aromatic heterocycles. The maximum absolute atomic E-state index is 13.1. The lowest BCUT2D eigenvalue weighted by Crippen LogP contribution is -2.39. The van der Waals surface area contributed by atoms with E-state index >= 15 is 0 Å². The molecular weight excluding hydrogens is 286 g/mol. The van der Waals surface area contributed by atoms with Gasteiger partial charge in [-0.1, -0.05) is 24.3 Å². The van der Waals surface area contributed by atoms with Crippen LogP contribution in [0.5, 0.6) is 0 Å². The highest BCUT2D eigenvalue weighted by atomic mass is 19.2. The standard InChI is InChI=1S/C17H16F2N2O/c18-15-6-5-14(9-16(15)19)20-10-17(22)21-8-7-12-3-1-2-4-13(12)11-21/h1-6,9,20H,7-8,10-11H2. The summed E-state index contributed by atoms with van der Waals surface area (Å²) < 4.78 is 26.0. The number of hydrogen-bond donors (Lipinski definition) is 1. The molecule has 1 amide bonds. The van der Waals surface area contributed by atoms with Crippen molar-refractivity contribution in [2.45, 2.75) is 13.0 Å². The third-order valence-corrected chi connectivity index (χ3v) is 3.85. The number of anilines is 1. The van der Waals surface area contributed by atoms with E-state index in [1.165, 1.54) is 11.6 Å². The van der Waals surface area contributed by atoms with Gasteiger partial charge in [-0.25, -0.2) is 8.78 Å². The van der Waals surface area contributed by atoms with Crippen molar-refractivity contribution in [1.29, 1.82) is 0 Å². The van der Waals surface area contributed by atoms with E-state index in [-0.39, 0.29) is 12.5 Å². The Morgan fingerprint density at radius 3 is 2.64 bits per heavy atom. The van der Waals surface area contributed by atoms with Crippen LogP contribution in [0.1, 0.15) is 11.1 Å². The highest BCUT2D eigenvalue weighted by Crippen LogP contribution is 2.19. The summed E-state index contributed by atoms with van der Waals surface area (Å²) in [7, 11) is 0. The number of amides is 1. The Labute approximate surface area is 127 Å². The second kappa shape index (κ2) is 6.13.